The molecular weight excluding hydrogens is 322 g/mol. The molecule has 1 N–H and O–H groups in total. The molecule has 0 spiro atoms. The fourth-order valence-electron chi connectivity index (χ4n) is 3.01. The van der Waals surface area contributed by atoms with Crippen LogP contribution in [0.25, 0.3) is 0 Å². The number of benzene rings is 1. The summed E-state index contributed by atoms with van der Waals surface area (Å²) >= 11 is 0. The van der Waals surface area contributed by atoms with Crippen LogP contribution in [-0.4, -0.2) is 15.9 Å². The summed E-state index contributed by atoms with van der Waals surface area (Å²) in [5.41, 5.74) is 5.90. The first-order chi connectivity index (χ1) is 12.5. The Morgan fingerprint density at radius 3 is 2.46 bits per heavy atom. The number of carbonyl (C=O) groups excluding carboxylic acids is 1. The maximum atomic E-state index is 12.4. The standard InChI is InChI=1S/C22H23N3O/c1-15-7-18(13-23-11-15)9-17(3)19-5-4-6-21(10-19)25-22(26)20-8-16(2)12-24-14-20/h4-8,10-14,17H,9H2,1-3H3,(H,25,26)/t17-/m1/s1. The molecule has 1 amide bonds. The Labute approximate surface area is 154 Å². The summed E-state index contributed by atoms with van der Waals surface area (Å²) in [5, 5.41) is 2.96. The predicted molar refractivity (Wildman–Crippen MR) is 104 cm³/mol. The highest BCUT2D eigenvalue weighted by Gasteiger charge is 2.10. The van der Waals surface area contributed by atoms with Gasteiger partial charge in [0.15, 0.2) is 0 Å². The Kier molecular flexibility index (Phi) is 5.42. The summed E-state index contributed by atoms with van der Waals surface area (Å²) in [6, 6.07) is 12.0. The summed E-state index contributed by atoms with van der Waals surface area (Å²) in [6.45, 7) is 6.16. The summed E-state index contributed by atoms with van der Waals surface area (Å²) < 4.78 is 0. The number of carbonyl (C=O) groups is 1. The molecule has 4 heteroatoms. The fraction of sp³-hybridized carbons (Fsp3) is 0.227. The van der Waals surface area contributed by atoms with Crippen LogP contribution in [0.4, 0.5) is 5.69 Å². The highest BCUT2D eigenvalue weighted by Crippen LogP contribution is 2.23. The Bertz CT molecular complexity index is 921. The fourth-order valence-corrected chi connectivity index (χ4v) is 3.01. The van der Waals surface area contributed by atoms with Gasteiger partial charge in [0.1, 0.15) is 0 Å². The van der Waals surface area contributed by atoms with Gasteiger partial charge in [-0.25, -0.2) is 0 Å². The van der Waals surface area contributed by atoms with E-state index in [4.69, 9.17) is 0 Å². The lowest BCUT2D eigenvalue weighted by atomic mass is 9.94. The smallest absolute Gasteiger partial charge is 0.257 e. The number of anilines is 1. The highest BCUT2D eigenvalue weighted by molar-refractivity contribution is 6.04. The van der Waals surface area contributed by atoms with Gasteiger partial charge in [-0.15, -0.1) is 0 Å². The molecule has 1 aromatic carbocycles. The van der Waals surface area contributed by atoms with Crippen molar-refractivity contribution in [2.24, 2.45) is 0 Å². The monoisotopic (exact) mass is 345 g/mol. The van der Waals surface area contributed by atoms with E-state index in [0.717, 1.165) is 17.7 Å². The van der Waals surface area contributed by atoms with Gasteiger partial charge in [-0.05, 0) is 66.6 Å². The highest BCUT2D eigenvalue weighted by atomic mass is 16.1. The van der Waals surface area contributed by atoms with Crippen LogP contribution in [0.3, 0.4) is 0 Å². The molecule has 3 aromatic rings. The number of rotatable bonds is 5. The van der Waals surface area contributed by atoms with Crippen molar-refractivity contribution >= 4 is 11.6 Å². The molecule has 4 nitrogen and oxygen atoms in total. The lowest BCUT2D eigenvalue weighted by molar-refractivity contribution is 0.102. The molecule has 0 aliphatic carbocycles. The van der Waals surface area contributed by atoms with E-state index in [-0.39, 0.29) is 5.91 Å². The van der Waals surface area contributed by atoms with Crippen LogP contribution < -0.4 is 5.32 Å². The molecule has 0 saturated carbocycles. The average Bonchev–Trinajstić information content (AvgIpc) is 2.62. The van der Waals surface area contributed by atoms with Crippen LogP contribution in [0.15, 0.2) is 61.2 Å². The van der Waals surface area contributed by atoms with Crippen LogP contribution >= 0.6 is 0 Å². The third-order valence-electron chi connectivity index (χ3n) is 4.32. The lowest BCUT2D eigenvalue weighted by Crippen LogP contribution is -2.12. The molecule has 132 valence electrons. The topological polar surface area (TPSA) is 54.9 Å². The van der Waals surface area contributed by atoms with Gasteiger partial charge in [0.05, 0.1) is 5.56 Å². The van der Waals surface area contributed by atoms with Gasteiger partial charge in [-0.1, -0.05) is 25.1 Å². The molecule has 0 radical (unpaired) electrons. The number of aromatic nitrogens is 2. The molecule has 0 aliphatic rings. The van der Waals surface area contributed by atoms with Gasteiger partial charge >= 0.3 is 0 Å². The second-order valence-electron chi connectivity index (χ2n) is 6.81. The Balaban J connectivity index is 1.72. The molecule has 0 fully saturated rings. The van der Waals surface area contributed by atoms with Gasteiger partial charge in [0.25, 0.3) is 5.91 Å². The SMILES string of the molecule is Cc1cncc(C[C@@H](C)c2cccc(NC(=O)c3cncc(C)c3)c2)c1. The molecule has 1 atom stereocenters. The minimum atomic E-state index is -0.145. The van der Waals surface area contributed by atoms with Crippen molar-refractivity contribution in [2.75, 3.05) is 5.32 Å². The summed E-state index contributed by atoms with van der Waals surface area (Å²) in [6.07, 6.45) is 8.01. The second-order valence-corrected chi connectivity index (χ2v) is 6.81. The van der Waals surface area contributed by atoms with Crippen molar-refractivity contribution in [3.8, 4) is 0 Å². The van der Waals surface area contributed by atoms with Crippen LogP contribution in [0.1, 0.15) is 45.5 Å². The first kappa shape index (κ1) is 17.8. The Hall–Kier alpha value is -3.01. The van der Waals surface area contributed by atoms with Crippen molar-refractivity contribution in [1.29, 1.82) is 0 Å². The van der Waals surface area contributed by atoms with E-state index in [9.17, 15) is 4.79 Å². The normalized spacial score (nSPS) is 11.8. The first-order valence-corrected chi connectivity index (χ1v) is 8.75. The summed E-state index contributed by atoms with van der Waals surface area (Å²) in [5.74, 6) is 0.185. The van der Waals surface area contributed by atoms with E-state index in [1.165, 1.54) is 16.7 Å². The average molecular weight is 345 g/mol. The van der Waals surface area contributed by atoms with E-state index in [2.05, 4.69) is 41.3 Å². The van der Waals surface area contributed by atoms with E-state index in [1.54, 1.807) is 12.4 Å². The Morgan fingerprint density at radius 1 is 1.00 bits per heavy atom. The molecule has 26 heavy (non-hydrogen) atoms. The minimum absolute atomic E-state index is 0.145. The molecule has 2 aromatic heterocycles. The van der Waals surface area contributed by atoms with E-state index >= 15 is 0 Å². The maximum absolute atomic E-state index is 12.4. The van der Waals surface area contributed by atoms with E-state index in [1.807, 2.05) is 43.6 Å². The zero-order chi connectivity index (χ0) is 18.5. The van der Waals surface area contributed by atoms with Crippen molar-refractivity contribution in [2.45, 2.75) is 33.1 Å². The Morgan fingerprint density at radius 2 is 1.73 bits per heavy atom. The predicted octanol–water partition coefficient (Wildman–Crippen LogP) is 4.69. The number of hydrogen-bond donors (Lipinski definition) is 1. The number of pyridine rings is 2. The lowest BCUT2D eigenvalue weighted by Gasteiger charge is -2.14. The van der Waals surface area contributed by atoms with Gasteiger partial charge in [0.2, 0.25) is 0 Å². The van der Waals surface area contributed by atoms with Crippen molar-refractivity contribution in [1.82, 2.24) is 9.97 Å². The number of nitrogens with zero attached hydrogens (tertiary/aromatic N) is 2. The van der Waals surface area contributed by atoms with E-state index < -0.39 is 0 Å². The quantitative estimate of drug-likeness (QED) is 0.730. The van der Waals surface area contributed by atoms with Crippen molar-refractivity contribution in [3.63, 3.8) is 0 Å². The number of amides is 1. The van der Waals surface area contributed by atoms with Gasteiger partial charge in [-0.2, -0.15) is 0 Å². The van der Waals surface area contributed by atoms with Crippen LogP contribution in [0, 0.1) is 13.8 Å². The second kappa shape index (κ2) is 7.91. The number of aryl methyl sites for hydroxylation is 2. The van der Waals surface area contributed by atoms with Gasteiger partial charge in [-0.3, -0.25) is 14.8 Å². The molecule has 0 unspecified atom stereocenters. The minimum Gasteiger partial charge on any atom is -0.322 e. The first-order valence-electron chi connectivity index (χ1n) is 8.75. The van der Waals surface area contributed by atoms with Crippen LogP contribution in [0.2, 0.25) is 0 Å². The van der Waals surface area contributed by atoms with E-state index in [0.29, 0.717) is 11.5 Å². The third-order valence-corrected chi connectivity index (χ3v) is 4.32. The molecule has 0 aliphatic heterocycles. The largest absolute Gasteiger partial charge is 0.322 e. The molecule has 0 bridgehead atoms. The van der Waals surface area contributed by atoms with Gasteiger partial charge in [0, 0.05) is 30.5 Å². The van der Waals surface area contributed by atoms with Crippen LogP contribution in [0.5, 0.6) is 0 Å². The molecular formula is C22H23N3O. The molecule has 2 heterocycles. The summed E-state index contributed by atoms with van der Waals surface area (Å²) in [7, 11) is 0. The van der Waals surface area contributed by atoms with Crippen LogP contribution in [-0.2, 0) is 6.42 Å². The number of hydrogen-bond acceptors (Lipinski definition) is 3. The van der Waals surface area contributed by atoms with Crippen molar-refractivity contribution < 1.29 is 4.79 Å². The maximum Gasteiger partial charge on any atom is 0.257 e. The zero-order valence-electron chi connectivity index (χ0n) is 15.4. The summed E-state index contributed by atoms with van der Waals surface area (Å²) in [4.78, 5) is 20.8. The molecule has 3 rings (SSSR count). The molecule has 0 saturated heterocycles. The third kappa shape index (κ3) is 4.54. The zero-order valence-corrected chi connectivity index (χ0v) is 15.4. The van der Waals surface area contributed by atoms with Gasteiger partial charge < -0.3 is 5.32 Å². The number of nitrogens with one attached hydrogen (secondary N) is 1. The van der Waals surface area contributed by atoms with Crippen molar-refractivity contribution in [3.05, 3.63) is 89.0 Å².